The second-order valence-electron chi connectivity index (χ2n) is 3.52. The van der Waals surface area contributed by atoms with Crippen molar-refractivity contribution in [3.63, 3.8) is 0 Å². The zero-order valence-electron chi connectivity index (χ0n) is 8.71. The first-order valence-electron chi connectivity index (χ1n) is 4.52. The van der Waals surface area contributed by atoms with Gasteiger partial charge in [0.05, 0.1) is 0 Å². The SMILES string of the molecule is CSCCN(C)C(CN)C(C)C. The second kappa shape index (κ2) is 6.75. The lowest BCUT2D eigenvalue weighted by atomic mass is 10.0. The molecule has 0 bridgehead atoms. The number of nitrogens with zero attached hydrogens (tertiary/aromatic N) is 1. The van der Waals surface area contributed by atoms with Crippen LogP contribution in [0.1, 0.15) is 13.8 Å². The van der Waals surface area contributed by atoms with E-state index in [2.05, 4.69) is 32.1 Å². The highest BCUT2D eigenvalue weighted by Crippen LogP contribution is 2.08. The topological polar surface area (TPSA) is 29.3 Å². The van der Waals surface area contributed by atoms with Crippen molar-refractivity contribution >= 4 is 11.8 Å². The van der Waals surface area contributed by atoms with Crippen molar-refractivity contribution in [2.24, 2.45) is 11.7 Å². The number of likely N-dealkylation sites (N-methyl/N-ethyl adjacent to an activating group) is 1. The molecule has 0 aliphatic heterocycles. The summed E-state index contributed by atoms with van der Waals surface area (Å²) in [4.78, 5) is 2.36. The Labute approximate surface area is 80.9 Å². The van der Waals surface area contributed by atoms with Crippen molar-refractivity contribution in [3.05, 3.63) is 0 Å². The van der Waals surface area contributed by atoms with Gasteiger partial charge in [0.25, 0.3) is 0 Å². The van der Waals surface area contributed by atoms with Gasteiger partial charge >= 0.3 is 0 Å². The van der Waals surface area contributed by atoms with Crippen LogP contribution in [0, 0.1) is 5.92 Å². The molecule has 0 saturated heterocycles. The van der Waals surface area contributed by atoms with Crippen LogP contribution < -0.4 is 5.73 Å². The third-order valence-electron chi connectivity index (χ3n) is 2.23. The van der Waals surface area contributed by atoms with Gasteiger partial charge in [-0.2, -0.15) is 11.8 Å². The fraction of sp³-hybridized carbons (Fsp3) is 1.00. The molecule has 0 amide bonds. The zero-order valence-corrected chi connectivity index (χ0v) is 9.53. The van der Waals surface area contributed by atoms with Gasteiger partial charge < -0.3 is 10.6 Å². The van der Waals surface area contributed by atoms with Gasteiger partial charge in [-0.3, -0.25) is 0 Å². The first-order valence-corrected chi connectivity index (χ1v) is 5.92. The number of hydrogen-bond acceptors (Lipinski definition) is 3. The summed E-state index contributed by atoms with van der Waals surface area (Å²) in [6, 6.07) is 0.539. The largest absolute Gasteiger partial charge is 0.329 e. The van der Waals surface area contributed by atoms with Gasteiger partial charge in [0.2, 0.25) is 0 Å². The molecule has 3 heteroatoms. The van der Waals surface area contributed by atoms with Crippen LogP contribution in [0.3, 0.4) is 0 Å². The third-order valence-corrected chi connectivity index (χ3v) is 2.82. The van der Waals surface area contributed by atoms with E-state index >= 15 is 0 Å². The zero-order chi connectivity index (χ0) is 9.56. The molecule has 0 heterocycles. The summed E-state index contributed by atoms with van der Waals surface area (Å²) >= 11 is 1.89. The van der Waals surface area contributed by atoms with Crippen molar-refractivity contribution in [1.82, 2.24) is 4.90 Å². The van der Waals surface area contributed by atoms with Gasteiger partial charge in [0.15, 0.2) is 0 Å². The minimum atomic E-state index is 0.539. The van der Waals surface area contributed by atoms with Crippen LogP contribution in [-0.4, -0.2) is 43.1 Å². The molecule has 0 rings (SSSR count). The summed E-state index contributed by atoms with van der Waals surface area (Å²) in [6.07, 6.45) is 2.14. The Hall–Kier alpha value is 0.270. The van der Waals surface area contributed by atoms with Crippen molar-refractivity contribution in [3.8, 4) is 0 Å². The van der Waals surface area contributed by atoms with Gasteiger partial charge in [-0.1, -0.05) is 13.8 Å². The molecular weight excluding hydrogens is 168 g/mol. The number of hydrogen-bond donors (Lipinski definition) is 1. The maximum atomic E-state index is 5.70. The predicted octanol–water partition coefficient (Wildman–Crippen LogP) is 1.26. The highest BCUT2D eigenvalue weighted by molar-refractivity contribution is 7.98. The van der Waals surface area contributed by atoms with Crippen LogP contribution in [0.5, 0.6) is 0 Å². The molecule has 0 aliphatic rings. The quantitative estimate of drug-likeness (QED) is 0.684. The minimum Gasteiger partial charge on any atom is -0.329 e. The van der Waals surface area contributed by atoms with Crippen LogP contribution >= 0.6 is 11.8 Å². The maximum Gasteiger partial charge on any atom is 0.0238 e. The van der Waals surface area contributed by atoms with E-state index in [4.69, 9.17) is 5.73 Å². The van der Waals surface area contributed by atoms with E-state index in [0.717, 1.165) is 13.1 Å². The molecule has 0 aromatic carbocycles. The Kier molecular flexibility index (Phi) is 6.90. The molecule has 2 nitrogen and oxygen atoms in total. The summed E-state index contributed by atoms with van der Waals surface area (Å²) in [5, 5.41) is 0. The fourth-order valence-corrected chi connectivity index (χ4v) is 1.83. The normalized spacial score (nSPS) is 14.2. The monoisotopic (exact) mass is 190 g/mol. The molecule has 0 saturated carbocycles. The number of thioether (sulfide) groups is 1. The molecule has 0 radical (unpaired) electrons. The van der Waals surface area contributed by atoms with Gasteiger partial charge in [-0.25, -0.2) is 0 Å². The van der Waals surface area contributed by atoms with Gasteiger partial charge in [0.1, 0.15) is 0 Å². The van der Waals surface area contributed by atoms with E-state index in [0.29, 0.717) is 12.0 Å². The Bertz CT molecular complexity index is 107. The average molecular weight is 190 g/mol. The summed E-state index contributed by atoms with van der Waals surface area (Å²) in [5.74, 6) is 1.85. The first-order chi connectivity index (χ1) is 5.63. The smallest absolute Gasteiger partial charge is 0.0238 e. The Balaban J connectivity index is 3.77. The van der Waals surface area contributed by atoms with Gasteiger partial charge in [0, 0.05) is 24.9 Å². The molecule has 12 heavy (non-hydrogen) atoms. The van der Waals surface area contributed by atoms with Crippen LogP contribution in [-0.2, 0) is 0 Å². The molecular formula is C9H22N2S. The molecule has 0 fully saturated rings. The van der Waals surface area contributed by atoms with Gasteiger partial charge in [-0.05, 0) is 19.2 Å². The average Bonchev–Trinajstić information content (AvgIpc) is 2.01. The van der Waals surface area contributed by atoms with E-state index in [1.807, 2.05) is 11.8 Å². The van der Waals surface area contributed by atoms with Crippen LogP contribution in [0.15, 0.2) is 0 Å². The Morgan fingerprint density at radius 1 is 1.42 bits per heavy atom. The lowest BCUT2D eigenvalue weighted by molar-refractivity contribution is 0.208. The van der Waals surface area contributed by atoms with E-state index in [-0.39, 0.29) is 0 Å². The standard InChI is InChI=1S/C9H22N2S/c1-8(2)9(7-10)11(3)5-6-12-4/h8-9H,5-7,10H2,1-4H3. The fourth-order valence-electron chi connectivity index (χ4n) is 1.36. The van der Waals surface area contributed by atoms with E-state index < -0.39 is 0 Å². The van der Waals surface area contributed by atoms with E-state index in [9.17, 15) is 0 Å². The molecule has 2 N–H and O–H groups in total. The predicted molar refractivity (Wildman–Crippen MR) is 58.7 cm³/mol. The molecule has 0 aliphatic carbocycles. The van der Waals surface area contributed by atoms with Crippen molar-refractivity contribution in [2.45, 2.75) is 19.9 Å². The lowest BCUT2D eigenvalue weighted by Gasteiger charge is -2.29. The number of rotatable bonds is 6. The molecule has 1 atom stereocenters. The summed E-state index contributed by atoms with van der Waals surface area (Å²) in [6.45, 7) is 6.37. The van der Waals surface area contributed by atoms with Crippen molar-refractivity contribution < 1.29 is 0 Å². The Morgan fingerprint density at radius 3 is 2.33 bits per heavy atom. The summed E-state index contributed by atoms with van der Waals surface area (Å²) in [7, 11) is 2.16. The second-order valence-corrected chi connectivity index (χ2v) is 4.51. The minimum absolute atomic E-state index is 0.539. The summed E-state index contributed by atoms with van der Waals surface area (Å²) < 4.78 is 0. The summed E-state index contributed by atoms with van der Waals surface area (Å²) in [5.41, 5.74) is 5.70. The first kappa shape index (κ1) is 12.3. The Morgan fingerprint density at radius 2 is 2.00 bits per heavy atom. The van der Waals surface area contributed by atoms with Crippen LogP contribution in [0.4, 0.5) is 0 Å². The molecule has 74 valence electrons. The van der Waals surface area contributed by atoms with Crippen molar-refractivity contribution in [1.29, 1.82) is 0 Å². The molecule has 1 unspecified atom stereocenters. The maximum absolute atomic E-state index is 5.70. The van der Waals surface area contributed by atoms with Crippen LogP contribution in [0.25, 0.3) is 0 Å². The molecule has 0 aromatic rings. The molecule has 0 spiro atoms. The number of nitrogens with two attached hydrogens (primary N) is 1. The molecule has 0 aromatic heterocycles. The van der Waals surface area contributed by atoms with E-state index in [1.165, 1.54) is 5.75 Å². The van der Waals surface area contributed by atoms with Gasteiger partial charge in [-0.15, -0.1) is 0 Å². The highest BCUT2D eigenvalue weighted by Gasteiger charge is 2.15. The highest BCUT2D eigenvalue weighted by atomic mass is 32.2. The van der Waals surface area contributed by atoms with Crippen LogP contribution in [0.2, 0.25) is 0 Å². The third kappa shape index (κ3) is 4.33. The lowest BCUT2D eigenvalue weighted by Crippen LogP contribution is -2.42. The van der Waals surface area contributed by atoms with E-state index in [1.54, 1.807) is 0 Å². The van der Waals surface area contributed by atoms with Crippen molar-refractivity contribution in [2.75, 3.05) is 32.1 Å².